The molecule has 0 aliphatic rings. The third-order valence-electron chi connectivity index (χ3n) is 4.19. The van der Waals surface area contributed by atoms with Crippen molar-refractivity contribution in [2.45, 2.75) is 0 Å². The standard InChI is InChI=1S/C24H19NO4/c1-27-22-13-19(14-23(15-22)28-2)24(26)29-21-10-8-17(9-11-21)12-20(16-25)18-6-4-3-5-7-18/h3-15H,1-2H3/b20-12-. The van der Waals surface area contributed by atoms with E-state index in [1.807, 2.05) is 30.3 Å². The average Bonchev–Trinajstić information content (AvgIpc) is 2.78. The monoisotopic (exact) mass is 385 g/mol. The van der Waals surface area contributed by atoms with E-state index >= 15 is 0 Å². The lowest BCUT2D eigenvalue weighted by Crippen LogP contribution is -2.09. The van der Waals surface area contributed by atoms with Gasteiger partial charge in [0.1, 0.15) is 17.2 Å². The summed E-state index contributed by atoms with van der Waals surface area (Å²) in [6.07, 6.45) is 1.79. The molecule has 0 aromatic heterocycles. The van der Waals surface area contributed by atoms with Gasteiger partial charge in [0.15, 0.2) is 0 Å². The second-order valence-electron chi connectivity index (χ2n) is 6.10. The molecule has 3 aromatic carbocycles. The topological polar surface area (TPSA) is 68.6 Å². The number of nitrogens with zero attached hydrogens (tertiary/aromatic N) is 1. The van der Waals surface area contributed by atoms with E-state index in [0.717, 1.165) is 11.1 Å². The number of carbonyl (C=O) groups is 1. The Bertz CT molecular complexity index is 1040. The predicted octanol–water partition coefficient (Wildman–Crippen LogP) is 4.99. The van der Waals surface area contributed by atoms with Crippen LogP contribution in [0.1, 0.15) is 21.5 Å². The van der Waals surface area contributed by atoms with Gasteiger partial charge in [0, 0.05) is 6.07 Å². The summed E-state index contributed by atoms with van der Waals surface area (Å²) >= 11 is 0. The van der Waals surface area contributed by atoms with Gasteiger partial charge in [-0.1, -0.05) is 42.5 Å². The Morgan fingerprint density at radius 1 is 0.828 bits per heavy atom. The Hall–Kier alpha value is -4.04. The molecule has 0 atom stereocenters. The predicted molar refractivity (Wildman–Crippen MR) is 111 cm³/mol. The van der Waals surface area contributed by atoms with Gasteiger partial charge in [0.05, 0.1) is 31.4 Å². The molecule has 29 heavy (non-hydrogen) atoms. The maximum atomic E-state index is 12.5. The average molecular weight is 385 g/mol. The number of methoxy groups -OCH3 is 2. The van der Waals surface area contributed by atoms with Crippen molar-refractivity contribution in [1.29, 1.82) is 5.26 Å². The van der Waals surface area contributed by atoms with E-state index in [4.69, 9.17) is 14.2 Å². The molecule has 0 radical (unpaired) electrons. The number of hydrogen-bond donors (Lipinski definition) is 0. The highest BCUT2D eigenvalue weighted by Gasteiger charge is 2.12. The van der Waals surface area contributed by atoms with Crippen molar-refractivity contribution in [1.82, 2.24) is 0 Å². The van der Waals surface area contributed by atoms with Crippen molar-refractivity contribution in [3.63, 3.8) is 0 Å². The molecule has 0 aliphatic carbocycles. The van der Waals surface area contributed by atoms with E-state index in [2.05, 4.69) is 6.07 Å². The van der Waals surface area contributed by atoms with E-state index in [0.29, 0.717) is 28.4 Å². The molecule has 144 valence electrons. The van der Waals surface area contributed by atoms with Crippen LogP contribution in [-0.4, -0.2) is 20.2 Å². The number of esters is 1. The summed E-state index contributed by atoms with van der Waals surface area (Å²) in [7, 11) is 3.03. The molecule has 0 unspecified atom stereocenters. The van der Waals surface area contributed by atoms with E-state index in [9.17, 15) is 10.1 Å². The van der Waals surface area contributed by atoms with Crippen molar-refractivity contribution in [2.75, 3.05) is 14.2 Å². The maximum Gasteiger partial charge on any atom is 0.343 e. The summed E-state index contributed by atoms with van der Waals surface area (Å²) in [6, 6.07) is 23.4. The largest absolute Gasteiger partial charge is 0.497 e. The zero-order valence-electron chi connectivity index (χ0n) is 16.1. The smallest absolute Gasteiger partial charge is 0.343 e. The summed E-state index contributed by atoms with van der Waals surface area (Å²) in [6.45, 7) is 0. The third-order valence-corrected chi connectivity index (χ3v) is 4.19. The van der Waals surface area contributed by atoms with E-state index < -0.39 is 5.97 Å². The van der Waals surface area contributed by atoms with Crippen LogP contribution in [0.2, 0.25) is 0 Å². The SMILES string of the molecule is COc1cc(OC)cc(C(=O)Oc2ccc(/C=C(/C#N)c3ccccc3)cc2)c1. The highest BCUT2D eigenvalue weighted by Crippen LogP contribution is 2.24. The van der Waals surface area contributed by atoms with Gasteiger partial charge in [-0.25, -0.2) is 4.79 Å². The van der Waals surface area contributed by atoms with Crippen LogP contribution in [0.25, 0.3) is 11.6 Å². The van der Waals surface area contributed by atoms with Gasteiger partial charge < -0.3 is 14.2 Å². The molecule has 0 bridgehead atoms. The van der Waals surface area contributed by atoms with Crippen LogP contribution in [0.3, 0.4) is 0 Å². The first-order valence-corrected chi connectivity index (χ1v) is 8.85. The summed E-state index contributed by atoms with van der Waals surface area (Å²) in [5, 5.41) is 9.42. The fourth-order valence-electron chi connectivity index (χ4n) is 2.69. The van der Waals surface area contributed by atoms with Crippen LogP contribution in [0.4, 0.5) is 0 Å². The van der Waals surface area contributed by atoms with Gasteiger partial charge in [-0.15, -0.1) is 0 Å². The lowest BCUT2D eigenvalue weighted by molar-refractivity contribution is 0.0734. The molecule has 5 heteroatoms. The van der Waals surface area contributed by atoms with Gasteiger partial charge in [-0.3, -0.25) is 0 Å². The summed E-state index contributed by atoms with van der Waals surface area (Å²) in [5.41, 5.74) is 2.55. The molecular weight excluding hydrogens is 366 g/mol. The first-order valence-electron chi connectivity index (χ1n) is 8.85. The number of ether oxygens (including phenoxy) is 3. The van der Waals surface area contributed by atoms with Crippen molar-refractivity contribution < 1.29 is 19.0 Å². The minimum atomic E-state index is -0.521. The van der Waals surface area contributed by atoms with Gasteiger partial charge in [0.2, 0.25) is 0 Å². The lowest BCUT2D eigenvalue weighted by atomic mass is 10.0. The van der Waals surface area contributed by atoms with Crippen LogP contribution in [0, 0.1) is 11.3 Å². The van der Waals surface area contributed by atoms with E-state index in [1.54, 1.807) is 48.5 Å². The molecule has 3 aromatic rings. The summed E-state index contributed by atoms with van der Waals surface area (Å²) < 4.78 is 15.8. The number of rotatable bonds is 6. The van der Waals surface area contributed by atoms with Crippen molar-refractivity contribution in [2.24, 2.45) is 0 Å². The minimum Gasteiger partial charge on any atom is -0.497 e. The van der Waals surface area contributed by atoms with E-state index in [1.165, 1.54) is 14.2 Å². The van der Waals surface area contributed by atoms with Crippen molar-refractivity contribution in [3.05, 3.63) is 89.5 Å². The molecule has 0 spiro atoms. The Labute approximate surface area is 169 Å². The molecule has 0 aliphatic heterocycles. The third kappa shape index (κ3) is 5.02. The quantitative estimate of drug-likeness (QED) is 0.259. The molecular formula is C24H19NO4. The highest BCUT2D eigenvalue weighted by atomic mass is 16.5. The second kappa shape index (κ2) is 9.25. The number of nitriles is 1. The molecule has 5 nitrogen and oxygen atoms in total. The van der Waals surface area contributed by atoms with Crippen LogP contribution >= 0.6 is 0 Å². The van der Waals surface area contributed by atoms with Crippen LogP contribution in [0.5, 0.6) is 17.2 Å². The molecule has 0 amide bonds. The molecule has 0 heterocycles. The van der Waals surface area contributed by atoms with Crippen LogP contribution < -0.4 is 14.2 Å². The first-order chi connectivity index (χ1) is 14.1. The van der Waals surface area contributed by atoms with Gasteiger partial charge >= 0.3 is 5.97 Å². The number of hydrogen-bond acceptors (Lipinski definition) is 5. The molecule has 0 saturated carbocycles. The minimum absolute atomic E-state index is 0.320. The van der Waals surface area contributed by atoms with Gasteiger partial charge in [0.25, 0.3) is 0 Å². The highest BCUT2D eigenvalue weighted by molar-refractivity contribution is 5.92. The van der Waals surface area contributed by atoms with Crippen molar-refractivity contribution in [3.8, 4) is 23.3 Å². The van der Waals surface area contributed by atoms with Crippen LogP contribution in [0.15, 0.2) is 72.8 Å². The second-order valence-corrected chi connectivity index (χ2v) is 6.10. The zero-order chi connectivity index (χ0) is 20.6. The fraction of sp³-hybridized carbons (Fsp3) is 0.0833. The van der Waals surface area contributed by atoms with Gasteiger partial charge in [-0.05, 0) is 41.5 Å². The zero-order valence-corrected chi connectivity index (χ0v) is 16.1. The normalized spacial score (nSPS) is 10.7. The van der Waals surface area contributed by atoms with E-state index in [-0.39, 0.29) is 0 Å². The number of carbonyl (C=O) groups excluding carboxylic acids is 1. The Morgan fingerprint density at radius 3 is 2.00 bits per heavy atom. The Morgan fingerprint density at radius 2 is 1.45 bits per heavy atom. The Balaban J connectivity index is 1.76. The number of benzene rings is 3. The Kier molecular flexibility index (Phi) is 6.29. The first kappa shape index (κ1) is 19.7. The summed E-state index contributed by atoms with van der Waals surface area (Å²) in [5.74, 6) is 0.878. The van der Waals surface area contributed by atoms with Crippen LogP contribution in [-0.2, 0) is 0 Å². The molecule has 0 fully saturated rings. The number of allylic oxidation sites excluding steroid dienone is 1. The lowest BCUT2D eigenvalue weighted by Gasteiger charge is -2.09. The molecule has 0 saturated heterocycles. The van der Waals surface area contributed by atoms with Gasteiger partial charge in [-0.2, -0.15) is 5.26 Å². The molecule has 0 N–H and O–H groups in total. The van der Waals surface area contributed by atoms with Crippen molar-refractivity contribution >= 4 is 17.6 Å². The molecule has 3 rings (SSSR count). The maximum absolute atomic E-state index is 12.5. The summed E-state index contributed by atoms with van der Waals surface area (Å²) in [4.78, 5) is 12.5. The fourth-order valence-corrected chi connectivity index (χ4v) is 2.69.